The van der Waals surface area contributed by atoms with Crippen LogP contribution >= 0.6 is 0 Å². The molecule has 0 heterocycles. The molecule has 1 unspecified atom stereocenters. The molecule has 2 heteroatoms. The van der Waals surface area contributed by atoms with E-state index in [9.17, 15) is 0 Å². The van der Waals surface area contributed by atoms with Crippen LogP contribution in [-0.2, 0) is 13.0 Å². The fourth-order valence-corrected chi connectivity index (χ4v) is 2.33. The molecule has 1 aromatic rings. The van der Waals surface area contributed by atoms with Crippen LogP contribution in [0.2, 0.25) is 0 Å². The van der Waals surface area contributed by atoms with Crippen LogP contribution in [0.25, 0.3) is 0 Å². The lowest BCUT2D eigenvalue weighted by Gasteiger charge is -2.27. The summed E-state index contributed by atoms with van der Waals surface area (Å²) in [6.45, 7) is 15.6. The molecule has 1 rings (SSSR count). The predicted octanol–water partition coefficient (Wildman–Crippen LogP) is 4.09. The van der Waals surface area contributed by atoms with Crippen molar-refractivity contribution < 1.29 is 0 Å². The fourth-order valence-electron chi connectivity index (χ4n) is 2.33. The van der Waals surface area contributed by atoms with Gasteiger partial charge in [-0.25, -0.2) is 0 Å². The lowest BCUT2D eigenvalue weighted by atomic mass is 10.0. The molecule has 0 saturated carbocycles. The third kappa shape index (κ3) is 7.10. The normalized spacial score (nSPS) is 14.0. The van der Waals surface area contributed by atoms with Crippen LogP contribution in [0, 0.1) is 5.92 Å². The average molecular weight is 290 g/mol. The summed E-state index contributed by atoms with van der Waals surface area (Å²) in [4.78, 5) is 2.43. The third-order valence-electron chi connectivity index (χ3n) is 4.18. The Kier molecular flexibility index (Phi) is 6.89. The minimum atomic E-state index is 0.204. The largest absolute Gasteiger partial charge is 0.312 e. The van der Waals surface area contributed by atoms with Crippen LogP contribution in [0.3, 0.4) is 0 Å². The molecule has 0 bridgehead atoms. The molecule has 1 N–H and O–H groups in total. The van der Waals surface area contributed by atoms with E-state index in [2.05, 4.69) is 83.1 Å². The first kappa shape index (κ1) is 18.2. The van der Waals surface area contributed by atoms with E-state index in [4.69, 9.17) is 0 Å². The summed E-state index contributed by atoms with van der Waals surface area (Å²) in [5.74, 6) is 0.692. The first-order valence-electron chi connectivity index (χ1n) is 8.22. The zero-order valence-corrected chi connectivity index (χ0v) is 15.0. The SMILES string of the molecule is CC(C)C(C)N(C)Cc1ccc(CCNC(C)(C)C)cc1. The van der Waals surface area contributed by atoms with Crippen molar-refractivity contribution in [3.05, 3.63) is 35.4 Å². The third-order valence-corrected chi connectivity index (χ3v) is 4.18. The van der Waals surface area contributed by atoms with Gasteiger partial charge in [-0.15, -0.1) is 0 Å². The van der Waals surface area contributed by atoms with E-state index in [1.165, 1.54) is 11.1 Å². The monoisotopic (exact) mass is 290 g/mol. The molecule has 0 radical (unpaired) electrons. The first-order valence-corrected chi connectivity index (χ1v) is 8.22. The van der Waals surface area contributed by atoms with Crippen LogP contribution in [0.5, 0.6) is 0 Å². The van der Waals surface area contributed by atoms with Gasteiger partial charge in [0, 0.05) is 18.1 Å². The maximum absolute atomic E-state index is 3.54. The highest BCUT2D eigenvalue weighted by Gasteiger charge is 2.13. The molecule has 1 aromatic carbocycles. The van der Waals surface area contributed by atoms with E-state index < -0.39 is 0 Å². The van der Waals surface area contributed by atoms with E-state index in [0.29, 0.717) is 12.0 Å². The molecule has 2 nitrogen and oxygen atoms in total. The maximum atomic E-state index is 3.54. The van der Waals surface area contributed by atoms with E-state index in [-0.39, 0.29) is 5.54 Å². The topological polar surface area (TPSA) is 15.3 Å². The second kappa shape index (κ2) is 7.95. The van der Waals surface area contributed by atoms with Crippen LogP contribution in [0.4, 0.5) is 0 Å². The predicted molar refractivity (Wildman–Crippen MR) is 93.7 cm³/mol. The lowest BCUT2D eigenvalue weighted by molar-refractivity contribution is 0.200. The molecule has 0 aliphatic carbocycles. The zero-order chi connectivity index (χ0) is 16.0. The van der Waals surface area contributed by atoms with Crippen LogP contribution in [0.15, 0.2) is 24.3 Å². The molecule has 21 heavy (non-hydrogen) atoms. The van der Waals surface area contributed by atoms with E-state index in [1.54, 1.807) is 0 Å². The van der Waals surface area contributed by atoms with Crippen molar-refractivity contribution in [2.45, 2.75) is 66.1 Å². The van der Waals surface area contributed by atoms with Gasteiger partial charge < -0.3 is 5.32 Å². The summed E-state index contributed by atoms with van der Waals surface area (Å²) in [5.41, 5.74) is 3.02. The molecule has 0 amide bonds. The van der Waals surface area contributed by atoms with Crippen molar-refractivity contribution in [1.82, 2.24) is 10.2 Å². The Hall–Kier alpha value is -0.860. The molecule has 1 atom stereocenters. The summed E-state index contributed by atoms with van der Waals surface area (Å²) in [7, 11) is 2.21. The van der Waals surface area contributed by atoms with Crippen LogP contribution in [-0.4, -0.2) is 30.1 Å². The standard InChI is InChI=1S/C19H34N2/c1-15(2)16(3)21(7)14-18-10-8-17(9-11-18)12-13-20-19(4,5)6/h8-11,15-16,20H,12-14H2,1-7H3. The zero-order valence-electron chi connectivity index (χ0n) is 15.0. The van der Waals surface area contributed by atoms with Gasteiger partial charge in [-0.1, -0.05) is 38.1 Å². The van der Waals surface area contributed by atoms with Gasteiger partial charge in [-0.05, 0) is 64.8 Å². The summed E-state index contributed by atoms with van der Waals surface area (Å²) < 4.78 is 0. The average Bonchev–Trinajstić information content (AvgIpc) is 2.38. The molecule has 0 saturated heterocycles. The van der Waals surface area contributed by atoms with Crippen molar-refractivity contribution in [2.24, 2.45) is 5.92 Å². The molecule has 0 aliphatic rings. The van der Waals surface area contributed by atoms with Crippen molar-refractivity contribution in [3.8, 4) is 0 Å². The van der Waals surface area contributed by atoms with Gasteiger partial charge >= 0.3 is 0 Å². The minimum absolute atomic E-state index is 0.204. The molecule has 0 spiro atoms. The Morgan fingerprint density at radius 2 is 1.52 bits per heavy atom. The van der Waals surface area contributed by atoms with E-state index in [0.717, 1.165) is 19.5 Å². The minimum Gasteiger partial charge on any atom is -0.312 e. The molecule has 0 fully saturated rings. The smallest absolute Gasteiger partial charge is 0.0233 e. The lowest BCUT2D eigenvalue weighted by Crippen LogP contribution is -2.37. The van der Waals surface area contributed by atoms with Crippen molar-refractivity contribution in [3.63, 3.8) is 0 Å². The van der Waals surface area contributed by atoms with Gasteiger partial charge in [0.2, 0.25) is 0 Å². The van der Waals surface area contributed by atoms with Crippen LogP contribution < -0.4 is 5.32 Å². The number of nitrogens with one attached hydrogen (secondary N) is 1. The highest BCUT2D eigenvalue weighted by Crippen LogP contribution is 2.13. The number of nitrogens with zero attached hydrogens (tertiary/aromatic N) is 1. The Bertz CT molecular complexity index is 401. The first-order chi connectivity index (χ1) is 9.69. The van der Waals surface area contributed by atoms with Gasteiger partial charge in [0.15, 0.2) is 0 Å². The number of benzene rings is 1. The second-order valence-corrected chi connectivity index (χ2v) is 7.64. The van der Waals surface area contributed by atoms with Crippen molar-refractivity contribution in [2.75, 3.05) is 13.6 Å². The Morgan fingerprint density at radius 1 is 1.00 bits per heavy atom. The number of hydrogen-bond acceptors (Lipinski definition) is 2. The van der Waals surface area contributed by atoms with Crippen molar-refractivity contribution in [1.29, 1.82) is 0 Å². The van der Waals surface area contributed by atoms with Gasteiger partial charge in [0.05, 0.1) is 0 Å². The summed E-state index contributed by atoms with van der Waals surface area (Å²) in [5, 5.41) is 3.54. The summed E-state index contributed by atoms with van der Waals surface area (Å²) >= 11 is 0. The van der Waals surface area contributed by atoms with Crippen LogP contribution in [0.1, 0.15) is 52.7 Å². The quantitative estimate of drug-likeness (QED) is 0.813. The van der Waals surface area contributed by atoms with E-state index >= 15 is 0 Å². The maximum Gasteiger partial charge on any atom is 0.0233 e. The van der Waals surface area contributed by atoms with Gasteiger partial charge in [0.1, 0.15) is 0 Å². The number of rotatable bonds is 7. The molecule has 0 aromatic heterocycles. The van der Waals surface area contributed by atoms with Gasteiger partial charge in [-0.3, -0.25) is 4.90 Å². The Labute approximate surface area is 131 Å². The fraction of sp³-hybridized carbons (Fsp3) is 0.684. The van der Waals surface area contributed by atoms with Gasteiger partial charge in [0.25, 0.3) is 0 Å². The van der Waals surface area contributed by atoms with Crippen molar-refractivity contribution >= 4 is 0 Å². The van der Waals surface area contributed by atoms with E-state index in [1.807, 2.05) is 0 Å². The molecule has 120 valence electrons. The Balaban J connectivity index is 2.47. The van der Waals surface area contributed by atoms with Gasteiger partial charge in [-0.2, -0.15) is 0 Å². The molecular formula is C19H34N2. The second-order valence-electron chi connectivity index (χ2n) is 7.64. The molecule has 0 aliphatic heterocycles. The number of hydrogen-bond donors (Lipinski definition) is 1. The Morgan fingerprint density at radius 3 is 2.00 bits per heavy atom. The summed E-state index contributed by atoms with van der Waals surface area (Å²) in [6.07, 6.45) is 1.09. The molecular weight excluding hydrogens is 256 g/mol. The highest BCUT2D eigenvalue weighted by molar-refractivity contribution is 5.22. The summed E-state index contributed by atoms with van der Waals surface area (Å²) in [6, 6.07) is 9.70. The highest BCUT2D eigenvalue weighted by atomic mass is 15.1.